The fourth-order valence-corrected chi connectivity index (χ4v) is 2.70. The highest BCUT2D eigenvalue weighted by molar-refractivity contribution is 6.04. The zero-order valence-corrected chi connectivity index (χ0v) is 15.4. The Labute approximate surface area is 167 Å². The molecule has 30 heavy (non-hydrogen) atoms. The summed E-state index contributed by atoms with van der Waals surface area (Å²) in [6.45, 7) is 1.69. The molecular formula is C18H13F3N8O. The molecule has 0 fully saturated rings. The summed E-state index contributed by atoms with van der Waals surface area (Å²) in [4.78, 5) is 16.6. The second-order valence-corrected chi connectivity index (χ2v) is 6.24. The van der Waals surface area contributed by atoms with Crippen molar-refractivity contribution in [3.05, 3.63) is 71.8 Å². The van der Waals surface area contributed by atoms with Crippen LogP contribution in [0.3, 0.4) is 0 Å². The third-order valence-corrected chi connectivity index (χ3v) is 4.09. The summed E-state index contributed by atoms with van der Waals surface area (Å²) in [5.41, 5.74) is 0.588. The van der Waals surface area contributed by atoms with Gasteiger partial charge in [0, 0.05) is 17.8 Å². The Balaban J connectivity index is 1.60. The summed E-state index contributed by atoms with van der Waals surface area (Å²) >= 11 is 0. The summed E-state index contributed by atoms with van der Waals surface area (Å²) in [6.07, 6.45) is -2.38. The predicted molar refractivity (Wildman–Crippen MR) is 98.2 cm³/mol. The average Bonchev–Trinajstić information content (AvgIpc) is 3.37. The largest absolute Gasteiger partial charge is 0.417 e. The average molecular weight is 414 g/mol. The fraction of sp³-hybridized carbons (Fsp3) is 0.111. The molecule has 9 nitrogen and oxygen atoms in total. The second-order valence-electron chi connectivity index (χ2n) is 6.24. The molecule has 0 aliphatic rings. The molecule has 152 valence electrons. The molecule has 0 aliphatic heterocycles. The number of aromatic nitrogens is 7. The van der Waals surface area contributed by atoms with Crippen molar-refractivity contribution >= 4 is 11.7 Å². The van der Waals surface area contributed by atoms with Crippen LogP contribution in [0.4, 0.5) is 19.0 Å². The van der Waals surface area contributed by atoms with Crippen molar-refractivity contribution in [3.63, 3.8) is 0 Å². The molecule has 0 spiro atoms. The predicted octanol–water partition coefficient (Wildman–Crippen LogP) is 2.82. The molecule has 0 saturated carbocycles. The van der Waals surface area contributed by atoms with Crippen LogP contribution in [0, 0.1) is 6.92 Å². The van der Waals surface area contributed by atoms with Gasteiger partial charge in [0.05, 0.1) is 16.9 Å². The molecule has 1 aromatic carbocycles. The van der Waals surface area contributed by atoms with E-state index in [-0.39, 0.29) is 11.6 Å². The summed E-state index contributed by atoms with van der Waals surface area (Å²) in [6, 6.07) is 10.3. The maximum absolute atomic E-state index is 12.8. The lowest BCUT2D eigenvalue weighted by Crippen LogP contribution is -2.16. The minimum Gasteiger partial charge on any atom is -0.306 e. The topological polar surface area (TPSA) is 103 Å². The number of benzene rings is 1. The summed E-state index contributed by atoms with van der Waals surface area (Å²) in [5, 5.41) is 17.8. The van der Waals surface area contributed by atoms with Gasteiger partial charge in [0.25, 0.3) is 5.91 Å². The molecule has 1 amide bonds. The van der Waals surface area contributed by atoms with Crippen molar-refractivity contribution in [2.24, 2.45) is 0 Å². The number of pyridine rings is 1. The monoisotopic (exact) mass is 414 g/mol. The maximum atomic E-state index is 12.8. The van der Waals surface area contributed by atoms with Crippen molar-refractivity contribution in [2.45, 2.75) is 13.1 Å². The number of rotatable bonds is 4. The van der Waals surface area contributed by atoms with Gasteiger partial charge in [-0.1, -0.05) is 6.07 Å². The van der Waals surface area contributed by atoms with Crippen LogP contribution in [0.25, 0.3) is 11.5 Å². The minimum absolute atomic E-state index is 0.133. The van der Waals surface area contributed by atoms with Gasteiger partial charge in [0.2, 0.25) is 0 Å². The van der Waals surface area contributed by atoms with Crippen LogP contribution in [-0.2, 0) is 6.18 Å². The minimum atomic E-state index is -4.49. The molecule has 4 aromatic rings. The van der Waals surface area contributed by atoms with E-state index in [9.17, 15) is 18.0 Å². The Morgan fingerprint density at radius 1 is 1.13 bits per heavy atom. The number of hydrogen-bond acceptors (Lipinski definition) is 6. The molecule has 1 N–H and O–H groups in total. The third-order valence-electron chi connectivity index (χ3n) is 4.09. The maximum Gasteiger partial charge on any atom is 0.417 e. The molecule has 12 heteroatoms. The highest BCUT2D eigenvalue weighted by Crippen LogP contribution is 2.29. The van der Waals surface area contributed by atoms with Crippen LogP contribution in [0.2, 0.25) is 0 Å². The normalized spacial score (nSPS) is 11.5. The van der Waals surface area contributed by atoms with Gasteiger partial charge >= 0.3 is 6.18 Å². The zero-order chi connectivity index (χ0) is 21.3. The quantitative estimate of drug-likeness (QED) is 0.551. The summed E-state index contributed by atoms with van der Waals surface area (Å²) in [5.74, 6) is -0.0515. The first-order chi connectivity index (χ1) is 14.3. The van der Waals surface area contributed by atoms with Gasteiger partial charge in [-0.05, 0) is 47.7 Å². The number of anilines is 1. The molecule has 3 heterocycles. The van der Waals surface area contributed by atoms with Gasteiger partial charge in [-0.15, -0.1) is 5.10 Å². The number of carbonyl (C=O) groups excluding carboxylic acids is 1. The van der Waals surface area contributed by atoms with Crippen LogP contribution >= 0.6 is 0 Å². The smallest absolute Gasteiger partial charge is 0.306 e. The van der Waals surface area contributed by atoms with Crippen molar-refractivity contribution in [1.29, 1.82) is 0 Å². The van der Waals surface area contributed by atoms with Gasteiger partial charge in [0.15, 0.2) is 5.82 Å². The number of alkyl halides is 3. The first kappa shape index (κ1) is 19.2. The van der Waals surface area contributed by atoms with Crippen molar-refractivity contribution < 1.29 is 18.0 Å². The van der Waals surface area contributed by atoms with E-state index in [1.807, 2.05) is 0 Å². The van der Waals surface area contributed by atoms with E-state index in [0.717, 1.165) is 6.07 Å². The Hall–Kier alpha value is -4.09. The van der Waals surface area contributed by atoms with Crippen molar-refractivity contribution in [1.82, 2.24) is 35.0 Å². The molecule has 4 rings (SSSR count). The highest BCUT2D eigenvalue weighted by atomic mass is 19.4. The number of nitrogens with zero attached hydrogens (tertiary/aromatic N) is 7. The highest BCUT2D eigenvalue weighted by Gasteiger charge is 2.30. The summed E-state index contributed by atoms with van der Waals surface area (Å²) < 4.78 is 41.0. The molecule has 0 unspecified atom stereocenters. The van der Waals surface area contributed by atoms with E-state index in [4.69, 9.17) is 0 Å². The lowest BCUT2D eigenvalue weighted by atomic mass is 10.2. The number of halogens is 3. The van der Waals surface area contributed by atoms with E-state index in [1.165, 1.54) is 21.8 Å². The van der Waals surface area contributed by atoms with Gasteiger partial charge < -0.3 is 5.32 Å². The van der Waals surface area contributed by atoms with Crippen LogP contribution in [0.5, 0.6) is 0 Å². The number of nitrogens with one attached hydrogen (secondary N) is 1. The fourth-order valence-electron chi connectivity index (χ4n) is 2.70. The molecule has 0 saturated heterocycles. The van der Waals surface area contributed by atoms with Crippen LogP contribution < -0.4 is 5.32 Å². The SMILES string of the molecule is Cc1cc(NC(=O)c2cccc(-n3cnnn3)c2)n(-c2ccc(C(F)(F)F)cn2)n1. The van der Waals surface area contributed by atoms with Crippen molar-refractivity contribution in [3.8, 4) is 11.5 Å². The third kappa shape index (κ3) is 3.87. The zero-order valence-electron chi connectivity index (χ0n) is 15.4. The van der Waals surface area contributed by atoms with Crippen LogP contribution in [-0.4, -0.2) is 40.9 Å². The van der Waals surface area contributed by atoms with Gasteiger partial charge in [-0.2, -0.15) is 23.0 Å². The van der Waals surface area contributed by atoms with Crippen LogP contribution in [0.15, 0.2) is 55.0 Å². The van der Waals surface area contributed by atoms with Crippen LogP contribution in [0.1, 0.15) is 21.6 Å². The Bertz CT molecular complexity index is 1180. The standard InChI is InChI=1S/C18H13F3N8O/c1-11-7-16(29(25-11)15-6-5-13(9-22-15)18(19,20)21)24-17(30)12-3-2-4-14(8-12)28-10-23-26-27-28/h2-10H,1H3,(H,24,30). The molecule has 3 aromatic heterocycles. The molecule has 0 atom stereocenters. The van der Waals surface area contributed by atoms with Crippen molar-refractivity contribution in [2.75, 3.05) is 5.32 Å². The number of amides is 1. The Morgan fingerprint density at radius 2 is 1.97 bits per heavy atom. The second kappa shape index (κ2) is 7.39. The van der Waals surface area contributed by atoms with E-state index in [1.54, 1.807) is 37.3 Å². The Kier molecular flexibility index (Phi) is 4.74. The Morgan fingerprint density at radius 3 is 2.63 bits per heavy atom. The van der Waals surface area contributed by atoms with Gasteiger partial charge in [-0.25, -0.2) is 9.67 Å². The lowest BCUT2D eigenvalue weighted by molar-refractivity contribution is -0.137. The molecule has 0 bridgehead atoms. The molecular weight excluding hydrogens is 401 g/mol. The number of hydrogen-bond donors (Lipinski definition) is 1. The number of aryl methyl sites for hydroxylation is 1. The van der Waals surface area contributed by atoms with Gasteiger partial charge in [-0.3, -0.25) is 4.79 Å². The van der Waals surface area contributed by atoms with E-state index in [2.05, 4.69) is 30.9 Å². The summed E-state index contributed by atoms with van der Waals surface area (Å²) in [7, 11) is 0. The number of carbonyl (C=O) groups is 1. The first-order valence-corrected chi connectivity index (χ1v) is 8.56. The molecule has 0 radical (unpaired) electrons. The van der Waals surface area contributed by atoms with E-state index < -0.39 is 17.6 Å². The van der Waals surface area contributed by atoms with E-state index >= 15 is 0 Å². The molecule has 0 aliphatic carbocycles. The first-order valence-electron chi connectivity index (χ1n) is 8.56. The van der Waals surface area contributed by atoms with E-state index in [0.29, 0.717) is 23.1 Å². The van der Waals surface area contributed by atoms with Gasteiger partial charge in [0.1, 0.15) is 12.1 Å². The lowest BCUT2D eigenvalue weighted by Gasteiger charge is -2.10. The number of tetrazole rings is 1.